The largest absolute Gasteiger partial charge is 0.496 e. The summed E-state index contributed by atoms with van der Waals surface area (Å²) in [5.74, 6) is 0.787. The number of unbranched alkanes of at least 4 members (excludes halogenated alkanes) is 1. The molecule has 0 atom stereocenters. The van der Waals surface area contributed by atoms with Crippen molar-refractivity contribution in [1.82, 2.24) is 0 Å². The number of para-hydroxylation sites is 1. The van der Waals surface area contributed by atoms with Crippen LogP contribution in [0, 0.1) is 0 Å². The highest BCUT2D eigenvalue weighted by Crippen LogP contribution is 2.19. The van der Waals surface area contributed by atoms with Crippen molar-refractivity contribution in [2.75, 3.05) is 13.7 Å². The maximum atomic E-state index is 11.4. The van der Waals surface area contributed by atoms with Crippen molar-refractivity contribution in [3.8, 4) is 5.75 Å². The van der Waals surface area contributed by atoms with Gasteiger partial charge in [0.15, 0.2) is 0 Å². The highest BCUT2D eigenvalue weighted by Gasteiger charge is 2.05. The number of hydrogen-bond donors (Lipinski definition) is 0. The van der Waals surface area contributed by atoms with E-state index in [1.807, 2.05) is 24.3 Å². The number of rotatable bonds is 8. The van der Waals surface area contributed by atoms with E-state index in [0.29, 0.717) is 13.0 Å². The van der Waals surface area contributed by atoms with E-state index in [1.54, 1.807) is 7.11 Å². The first kappa shape index (κ1) is 14.6. The molecule has 3 nitrogen and oxygen atoms in total. The maximum absolute atomic E-state index is 11.4. The zero-order valence-electron chi connectivity index (χ0n) is 11.3. The summed E-state index contributed by atoms with van der Waals surface area (Å²) in [7, 11) is 1.66. The van der Waals surface area contributed by atoms with Crippen LogP contribution in [0.3, 0.4) is 0 Å². The van der Waals surface area contributed by atoms with Crippen LogP contribution in [0.15, 0.2) is 24.3 Å². The van der Waals surface area contributed by atoms with Gasteiger partial charge in [0.2, 0.25) is 0 Å². The predicted octanol–water partition coefficient (Wildman–Crippen LogP) is 3.36. The second-order valence-electron chi connectivity index (χ2n) is 4.24. The summed E-state index contributed by atoms with van der Waals surface area (Å²) in [6.45, 7) is 2.62. The van der Waals surface area contributed by atoms with E-state index in [1.165, 1.54) is 0 Å². The van der Waals surface area contributed by atoms with Gasteiger partial charge in [-0.1, -0.05) is 31.5 Å². The molecule has 3 heteroatoms. The molecule has 0 aliphatic rings. The standard InChI is InChI=1S/C15H22O3/c1-3-4-12-18-15(16)11-7-9-13-8-5-6-10-14(13)17-2/h5-6,8,10H,3-4,7,9,11-12H2,1-2H3. The Morgan fingerprint density at radius 3 is 2.72 bits per heavy atom. The third-order valence-electron chi connectivity index (χ3n) is 2.78. The molecule has 1 rings (SSSR count). The summed E-state index contributed by atoms with van der Waals surface area (Å²) < 4.78 is 10.4. The molecule has 1 aromatic carbocycles. The third-order valence-corrected chi connectivity index (χ3v) is 2.78. The average molecular weight is 250 g/mol. The molecule has 18 heavy (non-hydrogen) atoms. The molecule has 0 spiro atoms. The van der Waals surface area contributed by atoms with Gasteiger partial charge in [0.1, 0.15) is 5.75 Å². The van der Waals surface area contributed by atoms with Gasteiger partial charge in [-0.05, 0) is 30.9 Å². The fourth-order valence-electron chi connectivity index (χ4n) is 1.74. The predicted molar refractivity (Wildman–Crippen MR) is 71.8 cm³/mol. The van der Waals surface area contributed by atoms with Crippen molar-refractivity contribution >= 4 is 5.97 Å². The summed E-state index contributed by atoms with van der Waals surface area (Å²) in [6.07, 6.45) is 4.10. The zero-order chi connectivity index (χ0) is 13.2. The zero-order valence-corrected chi connectivity index (χ0v) is 11.3. The van der Waals surface area contributed by atoms with Gasteiger partial charge in [-0.25, -0.2) is 0 Å². The van der Waals surface area contributed by atoms with Crippen LogP contribution in [-0.2, 0) is 16.0 Å². The summed E-state index contributed by atoms with van der Waals surface area (Å²) in [5, 5.41) is 0. The fourth-order valence-corrected chi connectivity index (χ4v) is 1.74. The van der Waals surface area contributed by atoms with Gasteiger partial charge in [-0.15, -0.1) is 0 Å². The van der Waals surface area contributed by atoms with Crippen molar-refractivity contribution in [2.24, 2.45) is 0 Å². The topological polar surface area (TPSA) is 35.5 Å². The van der Waals surface area contributed by atoms with Crippen molar-refractivity contribution in [2.45, 2.75) is 39.0 Å². The smallest absolute Gasteiger partial charge is 0.305 e. The van der Waals surface area contributed by atoms with Crippen LogP contribution < -0.4 is 4.74 Å². The molecule has 0 N–H and O–H groups in total. The summed E-state index contributed by atoms with van der Waals surface area (Å²) in [5.41, 5.74) is 1.14. The molecule has 0 bridgehead atoms. The quantitative estimate of drug-likeness (QED) is 0.524. The Balaban J connectivity index is 2.26. The van der Waals surface area contributed by atoms with Gasteiger partial charge in [0.25, 0.3) is 0 Å². The fraction of sp³-hybridized carbons (Fsp3) is 0.533. The van der Waals surface area contributed by atoms with Crippen molar-refractivity contribution in [3.05, 3.63) is 29.8 Å². The Labute approximate surface area is 109 Å². The minimum atomic E-state index is -0.0988. The van der Waals surface area contributed by atoms with E-state index in [-0.39, 0.29) is 5.97 Å². The van der Waals surface area contributed by atoms with Crippen molar-refractivity contribution < 1.29 is 14.3 Å². The molecule has 1 aromatic rings. The second kappa shape index (κ2) is 8.56. The van der Waals surface area contributed by atoms with Gasteiger partial charge >= 0.3 is 5.97 Å². The second-order valence-corrected chi connectivity index (χ2v) is 4.24. The molecule has 0 saturated heterocycles. The Hall–Kier alpha value is -1.51. The Kier molecular flexibility index (Phi) is 6.92. The van der Waals surface area contributed by atoms with E-state index < -0.39 is 0 Å². The first-order valence-corrected chi connectivity index (χ1v) is 6.55. The lowest BCUT2D eigenvalue weighted by Crippen LogP contribution is -2.06. The summed E-state index contributed by atoms with van der Waals surface area (Å²) in [4.78, 5) is 11.4. The van der Waals surface area contributed by atoms with Gasteiger partial charge < -0.3 is 9.47 Å². The number of methoxy groups -OCH3 is 1. The molecule has 0 fully saturated rings. The molecule has 0 saturated carbocycles. The number of hydrogen-bond acceptors (Lipinski definition) is 3. The lowest BCUT2D eigenvalue weighted by molar-refractivity contribution is -0.143. The van der Waals surface area contributed by atoms with Crippen LogP contribution in [0.1, 0.15) is 38.2 Å². The molecule has 0 aliphatic carbocycles. The van der Waals surface area contributed by atoms with Crippen LogP contribution in [0.2, 0.25) is 0 Å². The first-order chi connectivity index (χ1) is 8.77. The lowest BCUT2D eigenvalue weighted by atomic mass is 10.1. The molecule has 0 amide bonds. The Bertz CT molecular complexity index is 361. The number of carbonyl (C=O) groups excluding carboxylic acids is 1. The van der Waals surface area contributed by atoms with Crippen molar-refractivity contribution in [1.29, 1.82) is 0 Å². The average Bonchev–Trinajstić information content (AvgIpc) is 2.39. The molecule has 0 unspecified atom stereocenters. The van der Waals surface area contributed by atoms with Crippen LogP contribution >= 0.6 is 0 Å². The number of esters is 1. The maximum Gasteiger partial charge on any atom is 0.305 e. The van der Waals surface area contributed by atoms with E-state index in [9.17, 15) is 4.79 Å². The van der Waals surface area contributed by atoms with E-state index in [0.717, 1.165) is 37.0 Å². The SMILES string of the molecule is CCCCOC(=O)CCCc1ccccc1OC. The number of ether oxygens (including phenoxy) is 2. The van der Waals surface area contributed by atoms with E-state index in [2.05, 4.69) is 6.92 Å². The van der Waals surface area contributed by atoms with Crippen LogP contribution in [0.5, 0.6) is 5.75 Å². The first-order valence-electron chi connectivity index (χ1n) is 6.55. The number of benzene rings is 1. The van der Waals surface area contributed by atoms with Gasteiger partial charge in [-0.3, -0.25) is 4.79 Å². The summed E-state index contributed by atoms with van der Waals surface area (Å²) >= 11 is 0. The number of carbonyl (C=O) groups is 1. The molecule has 0 radical (unpaired) electrons. The Morgan fingerprint density at radius 1 is 1.22 bits per heavy atom. The van der Waals surface area contributed by atoms with Gasteiger partial charge in [-0.2, -0.15) is 0 Å². The minimum Gasteiger partial charge on any atom is -0.496 e. The molecule has 100 valence electrons. The molecular weight excluding hydrogens is 228 g/mol. The Morgan fingerprint density at radius 2 is 2.00 bits per heavy atom. The van der Waals surface area contributed by atoms with Gasteiger partial charge in [0, 0.05) is 6.42 Å². The van der Waals surface area contributed by atoms with E-state index >= 15 is 0 Å². The monoisotopic (exact) mass is 250 g/mol. The number of aryl methyl sites for hydroxylation is 1. The highest BCUT2D eigenvalue weighted by molar-refractivity contribution is 5.69. The molecule has 0 aliphatic heterocycles. The third kappa shape index (κ3) is 5.21. The normalized spacial score (nSPS) is 10.1. The van der Waals surface area contributed by atoms with E-state index in [4.69, 9.17) is 9.47 Å². The molecule has 0 heterocycles. The lowest BCUT2D eigenvalue weighted by Gasteiger charge is -2.08. The van der Waals surface area contributed by atoms with Crippen molar-refractivity contribution in [3.63, 3.8) is 0 Å². The molecular formula is C15H22O3. The van der Waals surface area contributed by atoms with Crippen LogP contribution in [0.25, 0.3) is 0 Å². The minimum absolute atomic E-state index is 0.0988. The van der Waals surface area contributed by atoms with Crippen LogP contribution in [0.4, 0.5) is 0 Å². The molecule has 0 aromatic heterocycles. The highest BCUT2D eigenvalue weighted by atomic mass is 16.5. The van der Waals surface area contributed by atoms with Crippen LogP contribution in [-0.4, -0.2) is 19.7 Å². The van der Waals surface area contributed by atoms with Gasteiger partial charge in [0.05, 0.1) is 13.7 Å². The summed E-state index contributed by atoms with van der Waals surface area (Å²) in [6, 6.07) is 7.90.